The lowest BCUT2D eigenvalue weighted by Gasteiger charge is -2.24. The number of para-hydroxylation sites is 4. The molecule has 1 aliphatic carbocycles. The van der Waals surface area contributed by atoms with Crippen LogP contribution in [0.2, 0.25) is 0 Å². The van der Waals surface area contributed by atoms with E-state index in [1.807, 2.05) is 0 Å². The molecule has 16 aromatic rings. The molecule has 0 bridgehead atoms. The third kappa shape index (κ3) is 7.58. The maximum absolute atomic E-state index is 2.49. The molecule has 2 nitrogen and oxygen atoms in total. The maximum atomic E-state index is 2.49. The third-order valence-corrected chi connectivity index (χ3v) is 18.0. The number of rotatable bonds is 8. The summed E-state index contributed by atoms with van der Waals surface area (Å²) < 4.78 is 4.80. The molecular weight excluding hydrogens is 1010 g/mol. The second kappa shape index (κ2) is 19.4. The van der Waals surface area contributed by atoms with E-state index in [0.717, 1.165) is 12.1 Å². The fraction of sp³-hybridized carbons (Fsp3) is 0.0244. The molecule has 0 radical (unpaired) electrons. The first-order valence-electron chi connectivity index (χ1n) is 29.3. The van der Waals surface area contributed by atoms with Gasteiger partial charge >= 0.3 is 0 Å². The summed E-state index contributed by atoms with van der Waals surface area (Å²) in [6.45, 7) is 0. The Morgan fingerprint density at radius 1 is 0.250 bits per heavy atom. The van der Waals surface area contributed by atoms with E-state index in [2.05, 4.69) is 319 Å². The van der Waals surface area contributed by atoms with E-state index in [9.17, 15) is 0 Å². The van der Waals surface area contributed by atoms with E-state index in [0.29, 0.717) is 0 Å². The minimum atomic E-state index is 0.178. The second-order valence-electron chi connectivity index (χ2n) is 22.6. The van der Waals surface area contributed by atoms with E-state index in [1.54, 1.807) is 0 Å². The highest BCUT2D eigenvalue weighted by molar-refractivity contribution is 6.23. The lowest BCUT2D eigenvalue weighted by molar-refractivity contribution is 0.873. The van der Waals surface area contributed by atoms with Crippen molar-refractivity contribution in [2.75, 3.05) is 0 Å². The van der Waals surface area contributed by atoms with Gasteiger partial charge in [-0.1, -0.05) is 243 Å². The standard InChI is InChI=1S/C82H54N2/c1-4-20-54(21-5-1)81-68-31-12-10-29-66(68)79(56-38-36-53(37-39-56)58-44-49-78-72(50-58)65-28-16-19-35-77(65)83(78)61-24-8-3-9-25-61)70-47-42-59(51-73(70)81)60-43-48-71-74(52-60)82(55-22-6-2-7-23-55)69-32-13-11-30-67(69)80(71)57-40-45-62(46-41-57)84-75-33-17-14-26-63(75)64-27-15-18-34-76(64)84/h1-38,40-52,56H,39H2. The Bertz CT molecular complexity index is 5320. The number of nitrogens with zero attached hydrogens (tertiary/aromatic N) is 2. The molecule has 0 aliphatic heterocycles. The normalized spacial score (nSPS) is 13.6. The summed E-state index contributed by atoms with van der Waals surface area (Å²) in [6, 6.07) is 108. The van der Waals surface area contributed by atoms with Gasteiger partial charge in [0.1, 0.15) is 0 Å². The van der Waals surface area contributed by atoms with Crippen LogP contribution in [-0.4, -0.2) is 9.13 Å². The Kier molecular flexibility index (Phi) is 11.1. The zero-order valence-corrected chi connectivity index (χ0v) is 46.1. The molecule has 2 heterocycles. The van der Waals surface area contributed by atoms with Gasteiger partial charge in [0.15, 0.2) is 0 Å². The fourth-order valence-electron chi connectivity index (χ4n) is 14.3. The quantitative estimate of drug-likeness (QED) is 0.134. The van der Waals surface area contributed by atoms with Gasteiger partial charge in [0.05, 0.1) is 22.1 Å². The zero-order chi connectivity index (χ0) is 55.2. The van der Waals surface area contributed by atoms with Crippen molar-refractivity contribution in [3.8, 4) is 55.9 Å². The largest absolute Gasteiger partial charge is 0.309 e. The van der Waals surface area contributed by atoms with Gasteiger partial charge in [0.25, 0.3) is 0 Å². The van der Waals surface area contributed by atoms with E-state index >= 15 is 0 Å². The summed E-state index contributed by atoms with van der Waals surface area (Å²) in [5, 5.41) is 15.2. The van der Waals surface area contributed by atoms with Crippen LogP contribution in [0.5, 0.6) is 0 Å². The Morgan fingerprint density at radius 3 is 1.15 bits per heavy atom. The minimum absolute atomic E-state index is 0.178. The van der Waals surface area contributed by atoms with Crippen molar-refractivity contribution in [1.29, 1.82) is 0 Å². The highest BCUT2D eigenvalue weighted by atomic mass is 15.0. The lowest BCUT2D eigenvalue weighted by Crippen LogP contribution is -2.02. The topological polar surface area (TPSA) is 9.86 Å². The predicted molar refractivity (Wildman–Crippen MR) is 358 cm³/mol. The maximum Gasteiger partial charge on any atom is 0.0541 e. The van der Waals surface area contributed by atoms with E-state index in [1.165, 1.54) is 154 Å². The van der Waals surface area contributed by atoms with Crippen molar-refractivity contribution in [2.24, 2.45) is 0 Å². The first-order chi connectivity index (χ1) is 41.7. The molecule has 14 aromatic carbocycles. The first kappa shape index (κ1) is 48.0. The highest BCUT2D eigenvalue weighted by Crippen LogP contribution is 2.49. The Hall–Kier alpha value is -10.8. The van der Waals surface area contributed by atoms with Crippen LogP contribution in [0.4, 0.5) is 0 Å². The van der Waals surface area contributed by atoms with Crippen LogP contribution >= 0.6 is 0 Å². The smallest absolute Gasteiger partial charge is 0.0541 e. The van der Waals surface area contributed by atoms with Gasteiger partial charge < -0.3 is 9.13 Å². The van der Waals surface area contributed by atoms with Crippen molar-refractivity contribution in [3.05, 3.63) is 321 Å². The molecule has 1 unspecified atom stereocenters. The molecule has 0 saturated heterocycles. The van der Waals surface area contributed by atoms with Crippen LogP contribution in [0, 0.1) is 0 Å². The summed E-state index contributed by atoms with van der Waals surface area (Å²) in [7, 11) is 0. The molecule has 84 heavy (non-hydrogen) atoms. The van der Waals surface area contributed by atoms with E-state index < -0.39 is 0 Å². The Labute approximate surface area is 487 Å². The van der Waals surface area contributed by atoms with Crippen LogP contribution in [0.25, 0.3) is 148 Å². The average Bonchev–Trinajstić information content (AvgIpc) is 1.50. The number of allylic oxidation sites excluding steroid dienone is 4. The van der Waals surface area contributed by atoms with E-state index in [-0.39, 0.29) is 5.92 Å². The molecule has 17 rings (SSSR count). The van der Waals surface area contributed by atoms with Crippen LogP contribution in [0.3, 0.4) is 0 Å². The summed E-state index contributed by atoms with van der Waals surface area (Å²) >= 11 is 0. The van der Waals surface area contributed by atoms with Crippen molar-refractivity contribution >= 4 is 92.3 Å². The molecule has 2 heteroatoms. The van der Waals surface area contributed by atoms with Gasteiger partial charge in [0, 0.05) is 38.8 Å². The molecule has 0 spiro atoms. The molecule has 0 saturated carbocycles. The first-order valence-corrected chi connectivity index (χ1v) is 29.3. The Morgan fingerprint density at radius 2 is 0.607 bits per heavy atom. The molecular formula is C82H54N2. The van der Waals surface area contributed by atoms with Crippen LogP contribution in [0.15, 0.2) is 309 Å². The van der Waals surface area contributed by atoms with Crippen LogP contribution in [-0.2, 0) is 0 Å². The molecule has 2 aromatic heterocycles. The predicted octanol–water partition coefficient (Wildman–Crippen LogP) is 22.3. The summed E-state index contributed by atoms with van der Waals surface area (Å²) in [6.07, 6.45) is 8.22. The summed E-state index contributed by atoms with van der Waals surface area (Å²) in [5.74, 6) is 0.178. The highest BCUT2D eigenvalue weighted by Gasteiger charge is 2.24. The SMILES string of the molecule is C1=CC(c2c3ccccc3c(-c3ccccc3)c3cc(-c4ccc5c(-c6ccc(-n7c8ccccc8c8ccccc87)cc6)c6ccccc6c(-c6ccccc6)c5c4)ccc23)CC=C1c1ccc2c(c1)c1ccccc1n2-c1ccccc1. The van der Waals surface area contributed by atoms with Crippen molar-refractivity contribution in [2.45, 2.75) is 12.3 Å². The zero-order valence-electron chi connectivity index (χ0n) is 46.1. The molecule has 0 amide bonds. The number of aromatic nitrogens is 2. The van der Waals surface area contributed by atoms with Crippen molar-refractivity contribution in [1.82, 2.24) is 9.13 Å². The van der Waals surface area contributed by atoms with Gasteiger partial charge in [-0.3, -0.25) is 0 Å². The average molecular weight is 1070 g/mol. The number of hydrogen-bond donors (Lipinski definition) is 0. The minimum Gasteiger partial charge on any atom is -0.309 e. The van der Waals surface area contributed by atoms with E-state index in [4.69, 9.17) is 0 Å². The summed E-state index contributed by atoms with van der Waals surface area (Å²) in [5.41, 5.74) is 20.8. The number of benzene rings is 14. The lowest BCUT2D eigenvalue weighted by atomic mass is 9.79. The third-order valence-electron chi connectivity index (χ3n) is 18.0. The Balaban J connectivity index is 0.810. The molecule has 0 N–H and O–H groups in total. The number of fused-ring (bicyclic) bond motifs is 10. The van der Waals surface area contributed by atoms with Crippen LogP contribution < -0.4 is 0 Å². The van der Waals surface area contributed by atoms with Gasteiger partial charge in [-0.05, 0) is 177 Å². The fourth-order valence-corrected chi connectivity index (χ4v) is 14.3. The van der Waals surface area contributed by atoms with Crippen molar-refractivity contribution < 1.29 is 0 Å². The molecule has 1 aliphatic rings. The van der Waals surface area contributed by atoms with Crippen molar-refractivity contribution in [3.63, 3.8) is 0 Å². The molecule has 1 atom stereocenters. The van der Waals surface area contributed by atoms with Gasteiger partial charge in [-0.2, -0.15) is 0 Å². The van der Waals surface area contributed by atoms with Gasteiger partial charge in [0.2, 0.25) is 0 Å². The van der Waals surface area contributed by atoms with Gasteiger partial charge in [-0.25, -0.2) is 0 Å². The molecule has 0 fully saturated rings. The molecule has 392 valence electrons. The van der Waals surface area contributed by atoms with Gasteiger partial charge in [-0.15, -0.1) is 0 Å². The monoisotopic (exact) mass is 1070 g/mol. The summed E-state index contributed by atoms with van der Waals surface area (Å²) in [4.78, 5) is 0. The van der Waals surface area contributed by atoms with Crippen LogP contribution in [0.1, 0.15) is 23.5 Å². The second-order valence-corrected chi connectivity index (χ2v) is 22.6. The number of hydrogen-bond acceptors (Lipinski definition) is 0.